The molecule has 0 heterocycles. The number of halogens is 3. The normalized spacial score (nSPS) is 22.8. The first-order valence-electron chi connectivity index (χ1n) is 3.20. The molecular weight excluding hydrogens is 144 g/mol. The summed E-state index contributed by atoms with van der Waals surface area (Å²) >= 11 is 0. The highest BCUT2D eigenvalue weighted by molar-refractivity contribution is 6.63. The quantitative estimate of drug-likeness (QED) is 0.563. The molecule has 0 bridgehead atoms. The van der Waals surface area contributed by atoms with Crippen LogP contribution in [0.4, 0.5) is 12.9 Å². The second-order valence-electron chi connectivity index (χ2n) is 2.87. The molecule has 0 aromatic heterocycles. The van der Waals surface area contributed by atoms with E-state index in [4.69, 9.17) is 0 Å². The summed E-state index contributed by atoms with van der Waals surface area (Å²) in [7, 11) is 1.31. The molecular formula is C5H9BF3O-. The Morgan fingerprint density at radius 3 is 2.00 bits per heavy atom. The topological polar surface area (TPSA) is 9.23 Å². The van der Waals surface area contributed by atoms with E-state index >= 15 is 0 Å². The smallest absolute Gasteiger partial charge is 0.448 e. The van der Waals surface area contributed by atoms with E-state index in [0.717, 1.165) is 0 Å². The second-order valence-corrected chi connectivity index (χ2v) is 2.87. The van der Waals surface area contributed by atoms with Crippen LogP contribution < -0.4 is 0 Å². The summed E-state index contributed by atoms with van der Waals surface area (Å²) in [5.41, 5.74) is 0. The molecule has 1 aliphatic rings. The SMILES string of the molecule is COCC1([B-](F)(F)F)CC1. The fourth-order valence-electron chi connectivity index (χ4n) is 1.01. The van der Waals surface area contributed by atoms with Crippen molar-refractivity contribution in [2.75, 3.05) is 13.7 Å². The third-order valence-electron chi connectivity index (χ3n) is 2.02. The van der Waals surface area contributed by atoms with Crippen molar-refractivity contribution in [2.45, 2.75) is 18.2 Å². The van der Waals surface area contributed by atoms with E-state index in [-0.39, 0.29) is 19.4 Å². The lowest BCUT2D eigenvalue weighted by atomic mass is 9.69. The Morgan fingerprint density at radius 1 is 1.40 bits per heavy atom. The van der Waals surface area contributed by atoms with E-state index in [1.807, 2.05) is 0 Å². The minimum Gasteiger partial charge on any atom is -0.448 e. The Hall–Kier alpha value is -0.185. The Kier molecular flexibility index (Phi) is 1.70. The van der Waals surface area contributed by atoms with Gasteiger partial charge in [0.1, 0.15) is 0 Å². The van der Waals surface area contributed by atoms with Crippen molar-refractivity contribution in [3.05, 3.63) is 0 Å². The molecule has 0 amide bonds. The fraction of sp³-hybridized carbons (Fsp3) is 1.00. The first-order chi connectivity index (χ1) is 4.52. The lowest BCUT2D eigenvalue weighted by Gasteiger charge is -2.24. The summed E-state index contributed by atoms with van der Waals surface area (Å²) in [5, 5.41) is -1.42. The van der Waals surface area contributed by atoms with Gasteiger partial charge in [0, 0.05) is 13.7 Å². The molecule has 1 saturated carbocycles. The van der Waals surface area contributed by atoms with Crippen LogP contribution in [0.5, 0.6) is 0 Å². The maximum absolute atomic E-state index is 12.1. The average Bonchev–Trinajstić information content (AvgIpc) is 2.45. The summed E-state index contributed by atoms with van der Waals surface area (Å²) in [4.78, 5) is 0. The minimum atomic E-state index is -4.68. The number of hydrogen-bond acceptors (Lipinski definition) is 1. The van der Waals surface area contributed by atoms with Gasteiger partial charge in [-0.2, -0.15) is 0 Å². The largest absolute Gasteiger partial charge is 0.486 e. The third kappa shape index (κ3) is 1.14. The fourth-order valence-corrected chi connectivity index (χ4v) is 1.01. The molecule has 0 radical (unpaired) electrons. The molecule has 1 rings (SSSR count). The minimum absolute atomic E-state index is 0.156. The van der Waals surface area contributed by atoms with Gasteiger partial charge >= 0.3 is 6.98 Å². The van der Waals surface area contributed by atoms with Crippen molar-refractivity contribution >= 4 is 6.98 Å². The summed E-state index contributed by atoms with van der Waals surface area (Å²) in [6, 6.07) is 0. The second kappa shape index (κ2) is 2.15. The van der Waals surface area contributed by atoms with Crippen LogP contribution in [-0.4, -0.2) is 20.7 Å². The molecule has 0 aliphatic heterocycles. The third-order valence-corrected chi connectivity index (χ3v) is 2.02. The lowest BCUT2D eigenvalue weighted by molar-refractivity contribution is 0.175. The zero-order chi connectivity index (χ0) is 7.83. The highest BCUT2D eigenvalue weighted by atomic mass is 19.4. The summed E-state index contributed by atoms with van der Waals surface area (Å²) < 4.78 is 40.7. The van der Waals surface area contributed by atoms with Crippen molar-refractivity contribution in [3.8, 4) is 0 Å². The molecule has 1 nitrogen and oxygen atoms in total. The summed E-state index contributed by atoms with van der Waals surface area (Å²) in [6.45, 7) is -4.83. The van der Waals surface area contributed by atoms with E-state index in [2.05, 4.69) is 4.74 Å². The molecule has 0 unspecified atom stereocenters. The molecule has 0 aromatic rings. The predicted octanol–water partition coefficient (Wildman–Crippen LogP) is 2.01. The molecule has 5 heteroatoms. The molecule has 0 aromatic carbocycles. The highest BCUT2D eigenvalue weighted by Crippen LogP contribution is 2.62. The molecule has 1 aliphatic carbocycles. The lowest BCUT2D eigenvalue weighted by Crippen LogP contribution is -2.29. The zero-order valence-electron chi connectivity index (χ0n) is 5.74. The average molecular weight is 153 g/mol. The Balaban J connectivity index is 2.52. The van der Waals surface area contributed by atoms with Gasteiger partial charge in [0.15, 0.2) is 0 Å². The monoisotopic (exact) mass is 153 g/mol. The van der Waals surface area contributed by atoms with Gasteiger partial charge in [0.25, 0.3) is 0 Å². The van der Waals surface area contributed by atoms with Crippen LogP contribution in [0.1, 0.15) is 12.8 Å². The predicted molar refractivity (Wildman–Crippen MR) is 32.9 cm³/mol. The van der Waals surface area contributed by atoms with Gasteiger partial charge in [-0.15, -0.1) is 0 Å². The standard InChI is InChI=1S/C5H9BF3O/c1-10-4-5(2-3-5)6(7,8)9/h2-4H2,1H3/q-1. The van der Waals surface area contributed by atoms with E-state index in [9.17, 15) is 12.9 Å². The van der Waals surface area contributed by atoms with E-state index in [1.54, 1.807) is 0 Å². The molecule has 1 fully saturated rings. The van der Waals surface area contributed by atoms with Gasteiger partial charge < -0.3 is 17.7 Å². The van der Waals surface area contributed by atoms with Crippen LogP contribution in [0, 0.1) is 0 Å². The maximum atomic E-state index is 12.1. The van der Waals surface area contributed by atoms with Crippen molar-refractivity contribution in [2.24, 2.45) is 0 Å². The van der Waals surface area contributed by atoms with Crippen molar-refractivity contribution < 1.29 is 17.7 Å². The van der Waals surface area contributed by atoms with Crippen LogP contribution in [0.2, 0.25) is 5.31 Å². The van der Waals surface area contributed by atoms with Gasteiger partial charge in [-0.3, -0.25) is 0 Å². The Labute approximate surface area is 57.6 Å². The zero-order valence-corrected chi connectivity index (χ0v) is 5.74. The van der Waals surface area contributed by atoms with Crippen LogP contribution in [0.3, 0.4) is 0 Å². The molecule has 0 spiro atoms. The first kappa shape index (κ1) is 7.92. The molecule has 10 heavy (non-hydrogen) atoms. The number of rotatable bonds is 3. The van der Waals surface area contributed by atoms with Crippen LogP contribution in [-0.2, 0) is 4.74 Å². The van der Waals surface area contributed by atoms with Gasteiger partial charge in [-0.1, -0.05) is 12.8 Å². The number of ether oxygens (including phenoxy) is 1. The van der Waals surface area contributed by atoms with Gasteiger partial charge in [0.2, 0.25) is 0 Å². The van der Waals surface area contributed by atoms with Crippen molar-refractivity contribution in [3.63, 3.8) is 0 Å². The van der Waals surface area contributed by atoms with Crippen LogP contribution in [0.25, 0.3) is 0 Å². The number of hydrogen-bond donors (Lipinski definition) is 0. The molecule has 0 N–H and O–H groups in total. The Bertz CT molecular complexity index is 129. The molecule has 0 atom stereocenters. The van der Waals surface area contributed by atoms with Crippen LogP contribution >= 0.6 is 0 Å². The van der Waals surface area contributed by atoms with Gasteiger partial charge in [-0.25, -0.2) is 0 Å². The molecule has 0 saturated heterocycles. The van der Waals surface area contributed by atoms with Crippen LogP contribution in [0.15, 0.2) is 0 Å². The van der Waals surface area contributed by atoms with E-state index < -0.39 is 12.3 Å². The van der Waals surface area contributed by atoms with Gasteiger partial charge in [0.05, 0.1) is 0 Å². The number of methoxy groups -OCH3 is 1. The molecule has 60 valence electrons. The van der Waals surface area contributed by atoms with E-state index in [0.29, 0.717) is 0 Å². The van der Waals surface area contributed by atoms with E-state index in [1.165, 1.54) is 7.11 Å². The van der Waals surface area contributed by atoms with Crippen molar-refractivity contribution in [1.82, 2.24) is 0 Å². The highest BCUT2D eigenvalue weighted by Gasteiger charge is 2.57. The summed E-state index contributed by atoms with van der Waals surface area (Å²) in [6.07, 6.45) is 0.509. The summed E-state index contributed by atoms with van der Waals surface area (Å²) in [5.74, 6) is 0. The maximum Gasteiger partial charge on any atom is 0.486 e. The van der Waals surface area contributed by atoms with Gasteiger partial charge in [-0.05, 0) is 5.31 Å². The first-order valence-corrected chi connectivity index (χ1v) is 3.20. The van der Waals surface area contributed by atoms with Crippen molar-refractivity contribution in [1.29, 1.82) is 0 Å². The Morgan fingerprint density at radius 2 is 1.90 bits per heavy atom.